The number of aromatic nitrogens is 3. The van der Waals surface area contributed by atoms with Crippen molar-refractivity contribution in [2.75, 3.05) is 0 Å². The van der Waals surface area contributed by atoms with E-state index in [0.29, 0.717) is 5.92 Å². The smallest absolute Gasteiger partial charge is 0.390 e. The predicted molar refractivity (Wildman–Crippen MR) is 59.1 cm³/mol. The number of hydrogen-bond donors (Lipinski definition) is 1. The van der Waals surface area contributed by atoms with E-state index >= 15 is 0 Å². The molecule has 1 rings (SSSR count). The Kier molecular flexibility index (Phi) is 4.13. The van der Waals surface area contributed by atoms with Crippen molar-refractivity contribution in [3.8, 4) is 0 Å². The minimum Gasteiger partial charge on any atom is -0.390 e. The van der Waals surface area contributed by atoms with Gasteiger partial charge in [0.1, 0.15) is 6.54 Å². The van der Waals surface area contributed by atoms with Crippen molar-refractivity contribution < 1.29 is 9.72 Å². The number of nitrogens with zero attached hydrogens (tertiary/aromatic N) is 4. The van der Waals surface area contributed by atoms with Gasteiger partial charge in [0.2, 0.25) is 12.2 Å². The van der Waals surface area contributed by atoms with Crippen LogP contribution >= 0.6 is 0 Å². The Labute approximate surface area is 98.2 Å². The highest BCUT2D eigenvalue weighted by molar-refractivity contribution is 5.75. The highest BCUT2D eigenvalue weighted by atomic mass is 16.6. The molecule has 0 aromatic carbocycles. The number of nitro groups is 1. The Hall–Kier alpha value is -1.99. The highest BCUT2D eigenvalue weighted by Crippen LogP contribution is 2.01. The van der Waals surface area contributed by atoms with Gasteiger partial charge in [0.15, 0.2) is 0 Å². The summed E-state index contributed by atoms with van der Waals surface area (Å²) in [5.74, 6) is -0.426. The lowest BCUT2D eigenvalue weighted by Gasteiger charge is -2.16. The molecule has 0 saturated carbocycles. The molecule has 0 aliphatic carbocycles. The standard InChI is InChI=1S/C9H15N5O3/c1-6(2)7(3)11-8(15)4-13-5-10-9(12-13)14(16)17/h5-7H,4H2,1-3H3,(H,11,15). The van der Waals surface area contributed by atoms with Gasteiger partial charge in [0, 0.05) is 11.1 Å². The monoisotopic (exact) mass is 241 g/mol. The summed E-state index contributed by atoms with van der Waals surface area (Å²) in [6.07, 6.45) is 1.16. The lowest BCUT2D eigenvalue weighted by atomic mass is 10.1. The van der Waals surface area contributed by atoms with Gasteiger partial charge in [-0.2, -0.15) is 4.68 Å². The topological polar surface area (TPSA) is 103 Å². The van der Waals surface area contributed by atoms with Crippen molar-refractivity contribution >= 4 is 11.9 Å². The summed E-state index contributed by atoms with van der Waals surface area (Å²) >= 11 is 0. The van der Waals surface area contributed by atoms with Crippen molar-refractivity contribution in [3.05, 3.63) is 16.4 Å². The first-order valence-corrected chi connectivity index (χ1v) is 5.23. The molecule has 0 saturated heterocycles. The SMILES string of the molecule is CC(C)C(C)NC(=O)Cn1cnc([N+](=O)[O-])n1. The van der Waals surface area contributed by atoms with Crippen molar-refractivity contribution in [2.24, 2.45) is 5.92 Å². The molecule has 1 aromatic rings. The third-order valence-corrected chi connectivity index (χ3v) is 2.38. The molecule has 1 N–H and O–H groups in total. The van der Waals surface area contributed by atoms with Crippen LogP contribution in [0.15, 0.2) is 6.33 Å². The Morgan fingerprint density at radius 2 is 2.24 bits per heavy atom. The maximum Gasteiger partial charge on any atom is 0.490 e. The molecule has 0 radical (unpaired) electrons. The van der Waals surface area contributed by atoms with Crippen LogP contribution in [0.3, 0.4) is 0 Å². The van der Waals surface area contributed by atoms with Gasteiger partial charge in [0.05, 0.1) is 0 Å². The number of carbonyl (C=O) groups excluding carboxylic acids is 1. The van der Waals surface area contributed by atoms with E-state index < -0.39 is 10.9 Å². The molecule has 0 spiro atoms. The molecule has 0 bridgehead atoms. The molecule has 1 heterocycles. The molecular weight excluding hydrogens is 226 g/mol. The summed E-state index contributed by atoms with van der Waals surface area (Å²) in [5, 5.41) is 16.7. The molecule has 1 unspecified atom stereocenters. The third kappa shape index (κ3) is 3.82. The lowest BCUT2D eigenvalue weighted by molar-refractivity contribution is -0.394. The van der Waals surface area contributed by atoms with Crippen LogP contribution in [0.1, 0.15) is 20.8 Å². The van der Waals surface area contributed by atoms with E-state index in [1.54, 1.807) is 0 Å². The van der Waals surface area contributed by atoms with Gasteiger partial charge in [-0.05, 0) is 17.8 Å². The molecular formula is C9H15N5O3. The van der Waals surface area contributed by atoms with Gasteiger partial charge in [-0.3, -0.25) is 4.79 Å². The zero-order valence-electron chi connectivity index (χ0n) is 9.95. The van der Waals surface area contributed by atoms with Crippen molar-refractivity contribution in [2.45, 2.75) is 33.4 Å². The second kappa shape index (κ2) is 5.37. The van der Waals surface area contributed by atoms with Crippen LogP contribution in [-0.2, 0) is 11.3 Å². The molecule has 1 atom stereocenters. The summed E-state index contributed by atoms with van der Waals surface area (Å²) in [4.78, 5) is 24.6. The number of carbonyl (C=O) groups is 1. The summed E-state index contributed by atoms with van der Waals surface area (Å²) in [5.41, 5.74) is 0. The molecule has 0 aliphatic heterocycles. The van der Waals surface area contributed by atoms with Crippen molar-refractivity contribution in [1.82, 2.24) is 20.1 Å². The normalized spacial score (nSPS) is 12.5. The molecule has 1 aromatic heterocycles. The van der Waals surface area contributed by atoms with Gasteiger partial charge in [-0.15, -0.1) is 0 Å². The van der Waals surface area contributed by atoms with E-state index in [4.69, 9.17) is 0 Å². The number of hydrogen-bond acceptors (Lipinski definition) is 5. The first kappa shape index (κ1) is 13.1. The van der Waals surface area contributed by atoms with Crippen LogP contribution in [0.4, 0.5) is 5.95 Å². The first-order valence-electron chi connectivity index (χ1n) is 5.23. The maximum absolute atomic E-state index is 11.5. The lowest BCUT2D eigenvalue weighted by Crippen LogP contribution is -2.38. The van der Waals surface area contributed by atoms with Crippen LogP contribution < -0.4 is 5.32 Å². The quantitative estimate of drug-likeness (QED) is 0.591. The predicted octanol–water partition coefficient (Wildman–Crippen LogP) is 0.347. The second-order valence-corrected chi connectivity index (χ2v) is 4.10. The van der Waals surface area contributed by atoms with Crippen LogP contribution in [0, 0.1) is 16.0 Å². The van der Waals surface area contributed by atoms with E-state index in [0.717, 1.165) is 11.0 Å². The van der Waals surface area contributed by atoms with E-state index in [2.05, 4.69) is 15.4 Å². The van der Waals surface area contributed by atoms with Gasteiger partial charge in [0.25, 0.3) is 0 Å². The summed E-state index contributed by atoms with van der Waals surface area (Å²) in [6.45, 7) is 5.81. The van der Waals surface area contributed by atoms with E-state index in [9.17, 15) is 14.9 Å². The first-order chi connectivity index (χ1) is 7.90. The van der Waals surface area contributed by atoms with E-state index in [-0.39, 0.29) is 18.5 Å². The molecule has 94 valence electrons. The fourth-order valence-corrected chi connectivity index (χ4v) is 1.06. The van der Waals surface area contributed by atoms with Crippen LogP contribution in [0.2, 0.25) is 0 Å². The largest absolute Gasteiger partial charge is 0.490 e. The average Bonchev–Trinajstić information content (AvgIpc) is 2.65. The Balaban J connectivity index is 2.53. The van der Waals surface area contributed by atoms with Gasteiger partial charge < -0.3 is 15.4 Å². The molecule has 8 nitrogen and oxygen atoms in total. The van der Waals surface area contributed by atoms with E-state index in [1.807, 2.05) is 20.8 Å². The Morgan fingerprint density at radius 1 is 1.59 bits per heavy atom. The minimum atomic E-state index is -0.703. The highest BCUT2D eigenvalue weighted by Gasteiger charge is 2.16. The molecule has 1 amide bonds. The zero-order chi connectivity index (χ0) is 13.0. The number of rotatable bonds is 5. The number of amides is 1. The maximum atomic E-state index is 11.5. The molecule has 8 heteroatoms. The minimum absolute atomic E-state index is 0.0426. The van der Waals surface area contributed by atoms with Gasteiger partial charge in [-0.1, -0.05) is 18.8 Å². The molecule has 0 aliphatic rings. The molecule has 0 fully saturated rings. The summed E-state index contributed by atoms with van der Waals surface area (Å²) in [6, 6.07) is 0.0426. The fraction of sp³-hybridized carbons (Fsp3) is 0.667. The van der Waals surface area contributed by atoms with Crippen LogP contribution in [0.25, 0.3) is 0 Å². The Bertz CT molecular complexity index is 415. The fourth-order valence-electron chi connectivity index (χ4n) is 1.06. The van der Waals surface area contributed by atoms with Gasteiger partial charge >= 0.3 is 5.95 Å². The third-order valence-electron chi connectivity index (χ3n) is 2.38. The summed E-state index contributed by atoms with van der Waals surface area (Å²) < 4.78 is 1.14. The molecule has 17 heavy (non-hydrogen) atoms. The average molecular weight is 241 g/mol. The number of nitrogens with one attached hydrogen (secondary N) is 1. The van der Waals surface area contributed by atoms with Crippen molar-refractivity contribution in [3.63, 3.8) is 0 Å². The van der Waals surface area contributed by atoms with Crippen LogP contribution in [0.5, 0.6) is 0 Å². The van der Waals surface area contributed by atoms with Gasteiger partial charge in [-0.25, -0.2) is 0 Å². The van der Waals surface area contributed by atoms with E-state index in [1.165, 1.54) is 0 Å². The zero-order valence-corrected chi connectivity index (χ0v) is 9.95. The van der Waals surface area contributed by atoms with Crippen molar-refractivity contribution in [1.29, 1.82) is 0 Å². The summed E-state index contributed by atoms with van der Waals surface area (Å²) in [7, 11) is 0. The Morgan fingerprint density at radius 3 is 2.71 bits per heavy atom. The second-order valence-electron chi connectivity index (χ2n) is 4.10. The van der Waals surface area contributed by atoms with Crippen LogP contribution in [-0.4, -0.2) is 31.6 Å².